The van der Waals surface area contributed by atoms with E-state index >= 15 is 0 Å². The molecule has 7 nitrogen and oxygen atoms in total. The van der Waals surface area contributed by atoms with Gasteiger partial charge in [0, 0.05) is 13.0 Å². The first kappa shape index (κ1) is 19.4. The summed E-state index contributed by atoms with van der Waals surface area (Å²) in [5, 5.41) is 10.6. The second-order valence-corrected chi connectivity index (χ2v) is 7.35. The highest BCUT2D eigenvalue weighted by atomic mass is 16.5. The first-order valence-corrected chi connectivity index (χ1v) is 9.95. The van der Waals surface area contributed by atoms with Gasteiger partial charge >= 0.3 is 0 Å². The quantitative estimate of drug-likeness (QED) is 0.685. The Kier molecular flexibility index (Phi) is 5.78. The van der Waals surface area contributed by atoms with Gasteiger partial charge in [-0.1, -0.05) is 30.3 Å². The summed E-state index contributed by atoms with van der Waals surface area (Å²) in [6, 6.07) is 11.9. The van der Waals surface area contributed by atoms with Crippen molar-refractivity contribution in [3.05, 3.63) is 71.4 Å². The fourth-order valence-electron chi connectivity index (χ4n) is 4.05. The Bertz CT molecular complexity index is 885. The summed E-state index contributed by atoms with van der Waals surface area (Å²) in [6.45, 7) is 4.81. The number of nitrogens with one attached hydrogen (secondary N) is 1. The Morgan fingerprint density at radius 2 is 1.90 bits per heavy atom. The van der Waals surface area contributed by atoms with E-state index < -0.39 is 23.5 Å². The smallest absolute Gasteiger partial charge is 0.290 e. The molecule has 3 heterocycles. The lowest BCUT2D eigenvalue weighted by atomic mass is 9.95. The maximum absolute atomic E-state index is 13.0. The Hall–Kier alpha value is -2.90. The fourth-order valence-corrected chi connectivity index (χ4v) is 4.05. The van der Waals surface area contributed by atoms with Gasteiger partial charge in [0.25, 0.3) is 5.91 Å². The maximum atomic E-state index is 13.0. The number of rotatable bonds is 7. The van der Waals surface area contributed by atoms with Crippen molar-refractivity contribution in [1.29, 1.82) is 0 Å². The van der Waals surface area contributed by atoms with E-state index in [1.165, 1.54) is 11.2 Å². The highest BCUT2D eigenvalue weighted by molar-refractivity contribution is 6.14. The number of carbonyl (C=O) groups is 2. The third kappa shape index (κ3) is 3.97. The number of quaternary nitrogens is 1. The highest BCUT2D eigenvalue weighted by Gasteiger charge is 2.44. The van der Waals surface area contributed by atoms with Crippen molar-refractivity contribution in [3.8, 4) is 0 Å². The maximum Gasteiger partial charge on any atom is 0.290 e. The number of hydrogen-bond acceptors (Lipinski definition) is 5. The lowest BCUT2D eigenvalue weighted by Crippen LogP contribution is -3.14. The SMILES string of the molecule is O=C(C1=C(O)C(=O)N(CCC[NH+]2CCOCC2)C1c1ccccc1)c1ccco1. The summed E-state index contributed by atoms with van der Waals surface area (Å²) in [5.74, 6) is -1.35. The minimum atomic E-state index is -0.624. The summed E-state index contributed by atoms with van der Waals surface area (Å²) in [4.78, 5) is 28.9. The molecule has 4 rings (SSSR count). The number of Topliss-reactive ketones (excluding diaryl/α,β-unsaturated/α-hetero) is 1. The van der Waals surface area contributed by atoms with Crippen molar-refractivity contribution < 1.29 is 28.7 Å². The molecule has 2 aliphatic rings. The summed E-state index contributed by atoms with van der Waals surface area (Å²) in [6.07, 6.45) is 2.18. The zero-order chi connectivity index (χ0) is 20.2. The number of nitrogens with zero attached hydrogens (tertiary/aromatic N) is 1. The number of furan rings is 1. The average molecular weight is 397 g/mol. The largest absolute Gasteiger partial charge is 0.503 e. The van der Waals surface area contributed by atoms with Gasteiger partial charge in [-0.05, 0) is 17.7 Å². The van der Waals surface area contributed by atoms with Crippen LogP contribution in [0.5, 0.6) is 0 Å². The van der Waals surface area contributed by atoms with Gasteiger partial charge < -0.3 is 24.1 Å². The van der Waals surface area contributed by atoms with E-state index in [4.69, 9.17) is 9.15 Å². The van der Waals surface area contributed by atoms with Gasteiger partial charge in [0.05, 0.1) is 37.6 Å². The molecular formula is C22H25N2O5+. The zero-order valence-electron chi connectivity index (χ0n) is 16.2. The van der Waals surface area contributed by atoms with E-state index in [2.05, 4.69) is 0 Å². The second kappa shape index (κ2) is 8.63. The normalized spacial score (nSPS) is 20.5. The topological polar surface area (TPSA) is 84.4 Å². The van der Waals surface area contributed by atoms with Crippen LogP contribution in [-0.2, 0) is 9.53 Å². The Balaban J connectivity index is 1.57. The number of benzene rings is 1. The summed E-state index contributed by atoms with van der Waals surface area (Å²) in [7, 11) is 0. The van der Waals surface area contributed by atoms with Crippen LogP contribution in [-0.4, -0.2) is 61.1 Å². The lowest BCUT2D eigenvalue weighted by Gasteiger charge is -2.28. The molecule has 1 atom stereocenters. The molecule has 0 spiro atoms. The molecule has 0 aliphatic carbocycles. The van der Waals surface area contributed by atoms with Crippen LogP contribution < -0.4 is 4.90 Å². The molecule has 1 fully saturated rings. The van der Waals surface area contributed by atoms with E-state index in [1.54, 1.807) is 17.0 Å². The van der Waals surface area contributed by atoms with Gasteiger partial charge in [-0.25, -0.2) is 0 Å². The Morgan fingerprint density at radius 3 is 2.59 bits per heavy atom. The number of ketones is 1. The fraction of sp³-hybridized carbons (Fsp3) is 0.364. The highest BCUT2D eigenvalue weighted by Crippen LogP contribution is 2.38. The van der Waals surface area contributed by atoms with Crippen LogP contribution >= 0.6 is 0 Å². The Morgan fingerprint density at radius 1 is 1.14 bits per heavy atom. The van der Waals surface area contributed by atoms with E-state index in [1.807, 2.05) is 30.3 Å². The molecule has 2 aliphatic heterocycles. The first-order valence-electron chi connectivity index (χ1n) is 9.95. The van der Waals surface area contributed by atoms with Crippen LogP contribution in [0.25, 0.3) is 0 Å². The van der Waals surface area contributed by atoms with Gasteiger partial charge in [0.1, 0.15) is 13.1 Å². The van der Waals surface area contributed by atoms with Crippen LogP contribution in [0.15, 0.2) is 64.5 Å². The average Bonchev–Trinajstić information content (AvgIpc) is 3.38. The van der Waals surface area contributed by atoms with Crippen LogP contribution in [0.1, 0.15) is 28.6 Å². The summed E-state index contributed by atoms with van der Waals surface area (Å²) >= 11 is 0. The first-order chi connectivity index (χ1) is 14.2. The number of morpholine rings is 1. The molecule has 1 aromatic carbocycles. The molecular weight excluding hydrogens is 372 g/mol. The predicted octanol–water partition coefficient (Wildman–Crippen LogP) is 1.16. The third-order valence-electron chi connectivity index (χ3n) is 5.54. The zero-order valence-corrected chi connectivity index (χ0v) is 16.2. The third-order valence-corrected chi connectivity index (χ3v) is 5.54. The minimum Gasteiger partial charge on any atom is -0.503 e. The second-order valence-electron chi connectivity index (χ2n) is 7.35. The number of ether oxygens (including phenoxy) is 1. The molecule has 0 radical (unpaired) electrons. The van der Waals surface area contributed by atoms with Crippen molar-refractivity contribution in [1.82, 2.24) is 4.90 Å². The summed E-state index contributed by atoms with van der Waals surface area (Å²) < 4.78 is 10.6. The van der Waals surface area contributed by atoms with Gasteiger partial charge in [0.15, 0.2) is 11.5 Å². The number of aliphatic hydroxyl groups is 1. The van der Waals surface area contributed by atoms with Crippen molar-refractivity contribution in [2.24, 2.45) is 0 Å². The lowest BCUT2D eigenvalue weighted by molar-refractivity contribution is -0.908. The predicted molar refractivity (Wildman–Crippen MR) is 105 cm³/mol. The molecule has 1 unspecified atom stereocenters. The van der Waals surface area contributed by atoms with Crippen molar-refractivity contribution in [3.63, 3.8) is 0 Å². The van der Waals surface area contributed by atoms with Crippen LogP contribution in [0, 0.1) is 0 Å². The molecule has 2 N–H and O–H groups in total. The number of carbonyl (C=O) groups excluding carboxylic acids is 2. The summed E-state index contributed by atoms with van der Waals surface area (Å²) in [5.41, 5.74) is 0.869. The van der Waals surface area contributed by atoms with Gasteiger partial charge in [0.2, 0.25) is 5.78 Å². The van der Waals surface area contributed by atoms with Gasteiger partial charge in [-0.3, -0.25) is 9.59 Å². The van der Waals surface area contributed by atoms with E-state index in [9.17, 15) is 14.7 Å². The number of hydrogen-bond donors (Lipinski definition) is 2. The van der Waals surface area contributed by atoms with E-state index in [0.717, 1.165) is 44.8 Å². The van der Waals surface area contributed by atoms with Crippen LogP contribution in [0.4, 0.5) is 0 Å². The number of amides is 1. The Labute approximate surface area is 169 Å². The minimum absolute atomic E-state index is 0.0786. The van der Waals surface area contributed by atoms with E-state index in [-0.39, 0.29) is 11.3 Å². The van der Waals surface area contributed by atoms with Crippen LogP contribution in [0.2, 0.25) is 0 Å². The van der Waals surface area contributed by atoms with Gasteiger partial charge in [-0.15, -0.1) is 0 Å². The van der Waals surface area contributed by atoms with Crippen molar-refractivity contribution >= 4 is 11.7 Å². The van der Waals surface area contributed by atoms with Crippen molar-refractivity contribution in [2.75, 3.05) is 39.4 Å². The van der Waals surface area contributed by atoms with Crippen LogP contribution in [0.3, 0.4) is 0 Å². The number of aliphatic hydroxyl groups excluding tert-OH is 1. The molecule has 29 heavy (non-hydrogen) atoms. The van der Waals surface area contributed by atoms with E-state index in [0.29, 0.717) is 6.54 Å². The molecule has 0 bridgehead atoms. The molecule has 1 saturated heterocycles. The molecule has 1 amide bonds. The van der Waals surface area contributed by atoms with Crippen molar-refractivity contribution in [2.45, 2.75) is 12.5 Å². The molecule has 2 aromatic rings. The molecule has 0 saturated carbocycles. The molecule has 1 aromatic heterocycles. The standard InChI is InChI=1S/C22H24N2O5/c25-20(17-8-4-13-29-17)18-19(16-6-2-1-3-7-16)24(22(27)21(18)26)10-5-9-23-11-14-28-15-12-23/h1-4,6-8,13,19,26H,5,9-12,14-15H2/p+1. The monoisotopic (exact) mass is 397 g/mol. The molecule has 7 heteroatoms. The molecule has 152 valence electrons. The van der Waals surface area contributed by atoms with Gasteiger partial charge in [-0.2, -0.15) is 0 Å².